The number of rotatable bonds is 8. The molecule has 5 rings (SSSR count). The average Bonchev–Trinajstić information content (AvgIpc) is 3.41. The Morgan fingerprint density at radius 2 is 1.61 bits per heavy atom. The molecule has 0 fully saturated rings. The molecule has 6 heteroatoms. The van der Waals surface area contributed by atoms with Crippen LogP contribution in [0.2, 0.25) is 0 Å². The maximum Gasteiger partial charge on any atom is 0.322 e. The second kappa shape index (κ2) is 10.6. The molecule has 0 bridgehead atoms. The lowest BCUT2D eigenvalue weighted by atomic mass is 9.93. The summed E-state index contributed by atoms with van der Waals surface area (Å²) in [5, 5.41) is 7.44. The zero-order chi connectivity index (χ0) is 24.9. The van der Waals surface area contributed by atoms with Crippen molar-refractivity contribution in [1.29, 1.82) is 0 Å². The Hall–Kier alpha value is -4.19. The summed E-state index contributed by atoms with van der Waals surface area (Å²) in [5.41, 5.74) is 6.03. The minimum atomic E-state index is -0.377. The largest absolute Gasteiger partial charge is 0.334 e. The highest BCUT2D eigenvalue weighted by Crippen LogP contribution is 2.37. The van der Waals surface area contributed by atoms with E-state index in [1.54, 1.807) is 4.90 Å². The highest BCUT2D eigenvalue weighted by molar-refractivity contribution is 5.86. The molecule has 1 atom stereocenters. The van der Waals surface area contributed by atoms with Crippen LogP contribution in [0.3, 0.4) is 0 Å². The lowest BCUT2D eigenvalue weighted by Crippen LogP contribution is -2.46. The van der Waals surface area contributed by atoms with Gasteiger partial charge in [-0.2, -0.15) is 4.98 Å². The average molecular weight is 479 g/mol. The highest BCUT2D eigenvalue weighted by Gasteiger charge is 2.35. The maximum atomic E-state index is 13.3. The first kappa shape index (κ1) is 23.5. The van der Waals surface area contributed by atoms with Crippen molar-refractivity contribution in [2.24, 2.45) is 0 Å². The Kier molecular flexibility index (Phi) is 6.94. The van der Waals surface area contributed by atoms with E-state index in [9.17, 15) is 4.79 Å². The molecular formula is C30H30N4O2. The number of benzene rings is 3. The van der Waals surface area contributed by atoms with Crippen molar-refractivity contribution in [3.8, 4) is 11.4 Å². The first-order valence-corrected chi connectivity index (χ1v) is 12.4. The second-order valence-electron chi connectivity index (χ2n) is 9.01. The molecule has 6 nitrogen and oxygen atoms in total. The summed E-state index contributed by atoms with van der Waals surface area (Å²) < 4.78 is 5.79. The number of aryl methyl sites for hydroxylation is 2. The molecule has 3 aromatic carbocycles. The van der Waals surface area contributed by atoms with Crippen LogP contribution < -0.4 is 5.32 Å². The van der Waals surface area contributed by atoms with Crippen molar-refractivity contribution in [1.82, 2.24) is 20.4 Å². The third-order valence-electron chi connectivity index (χ3n) is 6.70. The molecule has 2 heterocycles. The van der Waals surface area contributed by atoms with Crippen LogP contribution in [0.15, 0.2) is 95.1 Å². The van der Waals surface area contributed by atoms with Crippen molar-refractivity contribution >= 4 is 11.6 Å². The monoisotopic (exact) mass is 478 g/mol. The molecular weight excluding hydrogens is 448 g/mol. The smallest absolute Gasteiger partial charge is 0.322 e. The first-order chi connectivity index (χ1) is 17.6. The summed E-state index contributed by atoms with van der Waals surface area (Å²) in [4.78, 5) is 19.8. The molecule has 0 saturated heterocycles. The zero-order valence-corrected chi connectivity index (χ0v) is 20.6. The summed E-state index contributed by atoms with van der Waals surface area (Å²) in [6, 6.07) is 27.9. The van der Waals surface area contributed by atoms with Crippen molar-refractivity contribution in [3.05, 3.63) is 113 Å². The van der Waals surface area contributed by atoms with Gasteiger partial charge in [0, 0.05) is 17.8 Å². The van der Waals surface area contributed by atoms with Crippen LogP contribution in [0.25, 0.3) is 17.0 Å². The van der Waals surface area contributed by atoms with E-state index < -0.39 is 0 Å². The van der Waals surface area contributed by atoms with Crippen LogP contribution in [0.5, 0.6) is 0 Å². The van der Waals surface area contributed by atoms with E-state index in [2.05, 4.69) is 53.8 Å². The van der Waals surface area contributed by atoms with E-state index in [-0.39, 0.29) is 12.1 Å². The number of urea groups is 1. The number of amides is 2. The molecule has 1 aliphatic rings. The fourth-order valence-electron chi connectivity index (χ4n) is 4.65. The Balaban J connectivity index is 1.49. The fraction of sp³-hybridized carbons (Fsp3) is 0.233. The second-order valence-corrected chi connectivity index (χ2v) is 9.01. The lowest BCUT2D eigenvalue weighted by molar-refractivity contribution is 0.204. The van der Waals surface area contributed by atoms with E-state index in [0.29, 0.717) is 18.3 Å². The summed E-state index contributed by atoms with van der Waals surface area (Å²) in [6.07, 6.45) is 2.70. The van der Waals surface area contributed by atoms with Gasteiger partial charge in [0.25, 0.3) is 5.89 Å². The van der Waals surface area contributed by atoms with Crippen LogP contribution in [0, 0.1) is 0 Å². The molecule has 182 valence electrons. The molecule has 1 N–H and O–H groups in total. The Bertz CT molecular complexity index is 1340. The minimum Gasteiger partial charge on any atom is -0.334 e. The van der Waals surface area contributed by atoms with E-state index in [1.807, 2.05) is 55.5 Å². The quantitative estimate of drug-likeness (QED) is 0.317. The first-order valence-electron chi connectivity index (χ1n) is 12.4. The third kappa shape index (κ3) is 4.93. The number of allylic oxidation sites excluding steroid dienone is 1. The number of carbonyl (C=O) groups is 1. The normalized spacial score (nSPS) is 15.8. The van der Waals surface area contributed by atoms with Gasteiger partial charge >= 0.3 is 6.03 Å². The molecule has 2 amide bonds. The number of aromatic nitrogens is 2. The molecule has 1 aromatic heterocycles. The molecule has 36 heavy (non-hydrogen) atoms. The van der Waals surface area contributed by atoms with Gasteiger partial charge < -0.3 is 9.84 Å². The fourth-order valence-corrected chi connectivity index (χ4v) is 4.65. The van der Waals surface area contributed by atoms with Crippen LogP contribution in [0.4, 0.5) is 4.79 Å². The van der Waals surface area contributed by atoms with Gasteiger partial charge in [-0.25, -0.2) is 4.79 Å². The van der Waals surface area contributed by atoms with Crippen LogP contribution in [-0.4, -0.2) is 27.6 Å². The number of carbonyl (C=O) groups excluding carboxylic acids is 1. The van der Waals surface area contributed by atoms with E-state index in [0.717, 1.165) is 41.7 Å². The molecule has 1 aliphatic heterocycles. The van der Waals surface area contributed by atoms with E-state index in [4.69, 9.17) is 9.51 Å². The van der Waals surface area contributed by atoms with Gasteiger partial charge in [0.05, 0.1) is 11.6 Å². The zero-order valence-electron chi connectivity index (χ0n) is 20.6. The molecule has 0 radical (unpaired) electrons. The van der Waals surface area contributed by atoms with Gasteiger partial charge in [0.1, 0.15) is 0 Å². The van der Waals surface area contributed by atoms with E-state index >= 15 is 0 Å². The van der Waals surface area contributed by atoms with Crippen molar-refractivity contribution in [2.75, 3.05) is 6.54 Å². The number of hydrogen-bond acceptors (Lipinski definition) is 4. The van der Waals surface area contributed by atoms with Crippen LogP contribution in [0.1, 0.15) is 48.9 Å². The Morgan fingerprint density at radius 3 is 2.31 bits per heavy atom. The molecule has 0 spiro atoms. The minimum absolute atomic E-state index is 0.114. The molecule has 1 unspecified atom stereocenters. The van der Waals surface area contributed by atoms with E-state index in [1.165, 1.54) is 11.1 Å². The summed E-state index contributed by atoms with van der Waals surface area (Å²) in [5.74, 6) is 0.947. The van der Waals surface area contributed by atoms with Crippen molar-refractivity contribution < 1.29 is 9.32 Å². The molecule has 0 saturated carbocycles. The SMILES string of the molecule is CCc1ccc(C2NC(=O)N(CCCc3ccccc3)C(C)=C2c2nc(-c3ccccc3)no2)cc1. The summed E-state index contributed by atoms with van der Waals surface area (Å²) in [6.45, 7) is 4.69. The van der Waals surface area contributed by atoms with Gasteiger partial charge in [0.15, 0.2) is 0 Å². The predicted molar refractivity (Wildman–Crippen MR) is 141 cm³/mol. The van der Waals surface area contributed by atoms with Gasteiger partial charge in [-0.05, 0) is 42.9 Å². The predicted octanol–water partition coefficient (Wildman–Crippen LogP) is 6.43. The van der Waals surface area contributed by atoms with Crippen LogP contribution in [-0.2, 0) is 12.8 Å². The third-order valence-corrected chi connectivity index (χ3v) is 6.70. The lowest BCUT2D eigenvalue weighted by Gasteiger charge is -2.35. The topological polar surface area (TPSA) is 71.3 Å². The van der Waals surface area contributed by atoms with Crippen LogP contribution >= 0.6 is 0 Å². The van der Waals surface area contributed by atoms with Gasteiger partial charge in [-0.1, -0.05) is 97.0 Å². The Labute approximate surface area is 211 Å². The number of nitrogens with zero attached hydrogens (tertiary/aromatic N) is 3. The Morgan fingerprint density at radius 1 is 0.917 bits per heavy atom. The standard InChI is InChI=1S/C30H30N4O2/c1-3-22-16-18-24(19-17-22)27-26(29-32-28(33-36-29)25-14-8-5-9-15-25)21(2)34(30(35)31-27)20-10-13-23-11-6-4-7-12-23/h4-9,11-12,14-19,27H,3,10,13,20H2,1-2H3,(H,31,35). The van der Waals surface area contributed by atoms with Gasteiger partial charge in [-0.3, -0.25) is 4.90 Å². The molecule has 0 aliphatic carbocycles. The number of hydrogen-bond donors (Lipinski definition) is 1. The highest BCUT2D eigenvalue weighted by atomic mass is 16.5. The van der Waals surface area contributed by atoms with Crippen molar-refractivity contribution in [3.63, 3.8) is 0 Å². The molecule has 4 aromatic rings. The summed E-state index contributed by atoms with van der Waals surface area (Å²) >= 11 is 0. The summed E-state index contributed by atoms with van der Waals surface area (Å²) in [7, 11) is 0. The van der Waals surface area contributed by atoms with Crippen molar-refractivity contribution in [2.45, 2.75) is 39.2 Å². The van der Waals surface area contributed by atoms with Gasteiger partial charge in [-0.15, -0.1) is 0 Å². The number of nitrogens with one attached hydrogen (secondary N) is 1. The van der Waals surface area contributed by atoms with Gasteiger partial charge in [0.2, 0.25) is 5.82 Å². The maximum absolute atomic E-state index is 13.3.